The van der Waals surface area contributed by atoms with Gasteiger partial charge in [-0.2, -0.15) is 0 Å². The maximum atomic E-state index is 13.7. The summed E-state index contributed by atoms with van der Waals surface area (Å²) >= 11 is 3.43. The molecule has 5 heteroatoms. The minimum Gasteiger partial charge on any atom is -0.323 e. The van der Waals surface area contributed by atoms with Crippen LogP contribution in [0, 0.1) is 13.8 Å². The van der Waals surface area contributed by atoms with E-state index in [4.69, 9.17) is 0 Å². The van der Waals surface area contributed by atoms with E-state index in [2.05, 4.69) is 21.2 Å². The Morgan fingerprint density at radius 3 is 2.23 bits per heavy atom. The van der Waals surface area contributed by atoms with E-state index in [0.29, 0.717) is 5.69 Å². The number of rotatable bonds is 5. The molecule has 31 heavy (non-hydrogen) atoms. The van der Waals surface area contributed by atoms with Crippen molar-refractivity contribution in [3.05, 3.63) is 100 Å². The lowest BCUT2D eigenvalue weighted by molar-refractivity contribution is -0.134. The van der Waals surface area contributed by atoms with Gasteiger partial charge in [-0.05, 0) is 60.9 Å². The standard InChI is InChI=1S/C26H23BrN2O2/c1-18-7-6-8-19(2)24(18)28-25(31)26(16-15-20-9-4-3-5-10-20)17-23(30)29(26)22-13-11-21(27)12-14-22/h3-16H,17H2,1-2H3,(H,28,31)/b16-15+/t26-/m1/s1. The quantitative estimate of drug-likeness (QED) is 0.468. The Morgan fingerprint density at radius 2 is 1.61 bits per heavy atom. The number of carbonyl (C=O) groups is 2. The van der Waals surface area contributed by atoms with Crippen molar-refractivity contribution < 1.29 is 9.59 Å². The van der Waals surface area contributed by atoms with Crippen LogP contribution in [0.5, 0.6) is 0 Å². The predicted octanol–water partition coefficient (Wildman–Crippen LogP) is 5.89. The van der Waals surface area contributed by atoms with Crippen molar-refractivity contribution in [1.29, 1.82) is 0 Å². The first-order valence-electron chi connectivity index (χ1n) is 10.1. The lowest BCUT2D eigenvalue weighted by Gasteiger charge is -2.49. The van der Waals surface area contributed by atoms with Crippen LogP contribution in [0.25, 0.3) is 6.08 Å². The first-order valence-corrected chi connectivity index (χ1v) is 10.9. The van der Waals surface area contributed by atoms with Crippen LogP contribution in [0.15, 0.2) is 83.3 Å². The molecule has 1 atom stereocenters. The molecule has 1 saturated heterocycles. The SMILES string of the molecule is Cc1cccc(C)c1NC(=O)[C@@]1(/C=C/c2ccccc2)CC(=O)N1c1ccc(Br)cc1. The number of halogens is 1. The van der Waals surface area contributed by atoms with Gasteiger partial charge >= 0.3 is 0 Å². The number of aryl methyl sites for hydroxylation is 2. The van der Waals surface area contributed by atoms with Crippen LogP contribution in [0.1, 0.15) is 23.1 Å². The molecule has 156 valence electrons. The van der Waals surface area contributed by atoms with Gasteiger partial charge in [0.2, 0.25) is 5.91 Å². The molecule has 0 saturated carbocycles. The van der Waals surface area contributed by atoms with E-state index in [9.17, 15) is 9.59 Å². The lowest BCUT2D eigenvalue weighted by atomic mass is 9.81. The number of nitrogens with zero attached hydrogens (tertiary/aromatic N) is 1. The van der Waals surface area contributed by atoms with Gasteiger partial charge in [0, 0.05) is 15.8 Å². The number of nitrogens with one attached hydrogen (secondary N) is 1. The van der Waals surface area contributed by atoms with Gasteiger partial charge in [0.25, 0.3) is 5.91 Å². The number of hydrogen-bond donors (Lipinski definition) is 1. The molecule has 1 aliphatic rings. The molecule has 0 unspecified atom stereocenters. The van der Waals surface area contributed by atoms with Crippen LogP contribution in [0.4, 0.5) is 11.4 Å². The van der Waals surface area contributed by atoms with Crippen LogP contribution in [-0.2, 0) is 9.59 Å². The summed E-state index contributed by atoms with van der Waals surface area (Å²) in [5.41, 5.74) is 3.31. The molecule has 0 aromatic heterocycles. The zero-order valence-electron chi connectivity index (χ0n) is 17.4. The maximum Gasteiger partial charge on any atom is 0.255 e. The van der Waals surface area contributed by atoms with E-state index < -0.39 is 5.54 Å². The van der Waals surface area contributed by atoms with E-state index >= 15 is 0 Å². The molecule has 3 aromatic carbocycles. The topological polar surface area (TPSA) is 49.4 Å². The van der Waals surface area contributed by atoms with E-state index in [1.807, 2.05) is 98.8 Å². The minimum atomic E-state index is -1.10. The third-order valence-corrected chi connectivity index (χ3v) is 6.15. The summed E-state index contributed by atoms with van der Waals surface area (Å²) in [5.74, 6) is -0.309. The molecule has 1 fully saturated rings. The first-order chi connectivity index (χ1) is 14.9. The van der Waals surface area contributed by atoms with Gasteiger partial charge in [-0.3, -0.25) is 14.5 Å². The molecule has 2 amide bonds. The minimum absolute atomic E-state index is 0.0864. The second-order valence-electron chi connectivity index (χ2n) is 7.77. The number of carbonyl (C=O) groups excluding carboxylic acids is 2. The van der Waals surface area contributed by atoms with Gasteiger partial charge in [0.1, 0.15) is 0 Å². The number of anilines is 2. The highest BCUT2D eigenvalue weighted by Crippen LogP contribution is 2.40. The summed E-state index contributed by atoms with van der Waals surface area (Å²) in [6, 6.07) is 23.1. The van der Waals surface area contributed by atoms with Gasteiger partial charge in [0.15, 0.2) is 5.54 Å². The van der Waals surface area contributed by atoms with E-state index in [0.717, 1.165) is 26.9 Å². The average molecular weight is 475 g/mol. The van der Waals surface area contributed by atoms with Gasteiger partial charge in [-0.15, -0.1) is 0 Å². The predicted molar refractivity (Wildman–Crippen MR) is 129 cm³/mol. The molecule has 1 N–H and O–H groups in total. The number of benzene rings is 3. The average Bonchev–Trinajstić information content (AvgIpc) is 2.75. The zero-order chi connectivity index (χ0) is 22.0. The highest BCUT2D eigenvalue weighted by molar-refractivity contribution is 9.10. The molecule has 3 aromatic rings. The lowest BCUT2D eigenvalue weighted by Crippen LogP contribution is -2.68. The molecular weight excluding hydrogens is 452 g/mol. The molecule has 0 aliphatic carbocycles. The van der Waals surface area contributed by atoms with Crippen LogP contribution in [0.3, 0.4) is 0 Å². The number of para-hydroxylation sites is 1. The largest absolute Gasteiger partial charge is 0.323 e. The highest BCUT2D eigenvalue weighted by atomic mass is 79.9. The van der Waals surface area contributed by atoms with Crippen LogP contribution in [0.2, 0.25) is 0 Å². The Morgan fingerprint density at radius 1 is 0.968 bits per heavy atom. The van der Waals surface area contributed by atoms with Gasteiger partial charge in [0.05, 0.1) is 6.42 Å². The summed E-state index contributed by atoms with van der Waals surface area (Å²) in [7, 11) is 0. The summed E-state index contributed by atoms with van der Waals surface area (Å²) in [4.78, 5) is 28.0. The molecule has 4 rings (SSSR count). The van der Waals surface area contributed by atoms with E-state index in [1.165, 1.54) is 0 Å². The third-order valence-electron chi connectivity index (χ3n) is 5.62. The van der Waals surface area contributed by atoms with Gasteiger partial charge in [-0.25, -0.2) is 0 Å². The second-order valence-corrected chi connectivity index (χ2v) is 8.69. The fourth-order valence-corrected chi connectivity index (χ4v) is 4.17. The van der Waals surface area contributed by atoms with Crippen LogP contribution in [-0.4, -0.2) is 17.4 Å². The summed E-state index contributed by atoms with van der Waals surface area (Å²) in [5, 5.41) is 3.10. The maximum absolute atomic E-state index is 13.7. The van der Waals surface area contributed by atoms with Gasteiger partial charge < -0.3 is 5.32 Å². The molecule has 1 heterocycles. The van der Waals surface area contributed by atoms with Crippen LogP contribution < -0.4 is 10.2 Å². The molecule has 1 aliphatic heterocycles. The summed E-state index contributed by atoms with van der Waals surface area (Å²) < 4.78 is 0.912. The third kappa shape index (κ3) is 4.06. The number of hydrogen-bond acceptors (Lipinski definition) is 2. The Balaban J connectivity index is 1.75. The Labute approximate surface area is 190 Å². The normalized spacial score (nSPS) is 18.2. The highest BCUT2D eigenvalue weighted by Gasteiger charge is 2.55. The molecule has 0 bridgehead atoms. The summed E-state index contributed by atoms with van der Waals surface area (Å²) in [6.07, 6.45) is 3.86. The van der Waals surface area contributed by atoms with Crippen molar-refractivity contribution in [3.63, 3.8) is 0 Å². The Kier molecular flexibility index (Phi) is 5.79. The van der Waals surface area contributed by atoms with Crippen LogP contribution >= 0.6 is 15.9 Å². The second kappa shape index (κ2) is 8.52. The first kappa shape index (κ1) is 21.1. The number of β-lactam (4-membered cyclic amide) rings is 1. The number of amides is 2. The van der Waals surface area contributed by atoms with E-state index in [1.54, 1.807) is 4.90 Å². The van der Waals surface area contributed by atoms with E-state index in [-0.39, 0.29) is 18.2 Å². The van der Waals surface area contributed by atoms with Crippen molar-refractivity contribution >= 4 is 45.2 Å². The monoisotopic (exact) mass is 474 g/mol. The smallest absolute Gasteiger partial charge is 0.255 e. The zero-order valence-corrected chi connectivity index (χ0v) is 19.0. The summed E-state index contributed by atoms with van der Waals surface area (Å²) in [6.45, 7) is 3.93. The molecular formula is C26H23BrN2O2. The molecule has 4 nitrogen and oxygen atoms in total. The fraction of sp³-hybridized carbons (Fsp3) is 0.154. The van der Waals surface area contributed by atoms with Crippen molar-refractivity contribution in [2.45, 2.75) is 25.8 Å². The van der Waals surface area contributed by atoms with Gasteiger partial charge in [-0.1, -0.05) is 70.5 Å². The van der Waals surface area contributed by atoms with Crippen molar-refractivity contribution in [2.75, 3.05) is 10.2 Å². The molecule has 0 spiro atoms. The van der Waals surface area contributed by atoms with Crippen molar-refractivity contribution in [3.8, 4) is 0 Å². The van der Waals surface area contributed by atoms with Crippen molar-refractivity contribution in [1.82, 2.24) is 0 Å². The Bertz CT molecular complexity index is 1140. The molecule has 0 radical (unpaired) electrons. The fourth-order valence-electron chi connectivity index (χ4n) is 3.91. The van der Waals surface area contributed by atoms with Crippen molar-refractivity contribution in [2.24, 2.45) is 0 Å². The Hall–Kier alpha value is -3.18.